The van der Waals surface area contributed by atoms with Crippen LogP contribution in [0, 0.1) is 0 Å². The van der Waals surface area contributed by atoms with Crippen LogP contribution >= 0.6 is 0 Å². The van der Waals surface area contributed by atoms with Crippen molar-refractivity contribution in [1.29, 1.82) is 0 Å². The molecule has 48 heavy (non-hydrogen) atoms. The minimum Gasteiger partial charge on any atom is -0.456 e. The molecule has 0 fully saturated rings. The first-order valence-electron chi connectivity index (χ1n) is 16.6. The summed E-state index contributed by atoms with van der Waals surface area (Å²) < 4.78 is 14.9. The van der Waals surface area contributed by atoms with Gasteiger partial charge in [-0.05, 0) is 106 Å². The molecule has 0 amide bonds. The van der Waals surface area contributed by atoms with Crippen molar-refractivity contribution < 1.29 is 8.83 Å². The van der Waals surface area contributed by atoms with Crippen molar-refractivity contribution in [2.24, 2.45) is 0 Å². The van der Waals surface area contributed by atoms with E-state index in [0.717, 1.165) is 44.2 Å². The van der Waals surface area contributed by atoms with Crippen molar-refractivity contribution in [1.82, 2.24) is 4.57 Å². The molecule has 10 aromatic rings. The molecule has 0 N–H and O–H groups in total. The summed E-state index contributed by atoms with van der Waals surface area (Å²) in [5.74, 6) is 0. The Kier molecular flexibility index (Phi) is 4.91. The van der Waals surface area contributed by atoms with Gasteiger partial charge in [-0.3, -0.25) is 0 Å². The van der Waals surface area contributed by atoms with Gasteiger partial charge in [-0.2, -0.15) is 0 Å². The zero-order chi connectivity index (χ0) is 31.7. The minimum atomic E-state index is -0.183. The van der Waals surface area contributed by atoms with Crippen molar-refractivity contribution in [2.75, 3.05) is 0 Å². The Balaban J connectivity index is 1.19. The number of hydrogen-bond acceptors (Lipinski definition) is 2. The lowest BCUT2D eigenvalue weighted by Crippen LogP contribution is -2.15. The zero-order valence-electron chi connectivity index (χ0n) is 26.5. The minimum absolute atomic E-state index is 0.183. The van der Waals surface area contributed by atoms with Gasteiger partial charge in [-0.15, -0.1) is 0 Å². The van der Waals surface area contributed by atoms with Crippen LogP contribution in [-0.4, -0.2) is 4.57 Å². The van der Waals surface area contributed by atoms with Crippen LogP contribution in [0.3, 0.4) is 0 Å². The highest BCUT2D eigenvalue weighted by atomic mass is 16.3. The van der Waals surface area contributed by atoms with Gasteiger partial charge in [0.25, 0.3) is 0 Å². The first-order chi connectivity index (χ1) is 23.5. The second kappa shape index (κ2) is 9.05. The first kappa shape index (κ1) is 26.1. The van der Waals surface area contributed by atoms with Crippen LogP contribution in [0.1, 0.15) is 25.0 Å². The molecule has 0 saturated carbocycles. The molecule has 7 aromatic carbocycles. The van der Waals surface area contributed by atoms with Crippen molar-refractivity contribution in [3.05, 3.63) is 151 Å². The largest absolute Gasteiger partial charge is 0.456 e. The van der Waals surface area contributed by atoms with Gasteiger partial charge in [0.05, 0.1) is 11.0 Å². The van der Waals surface area contributed by atoms with Crippen molar-refractivity contribution in [3.63, 3.8) is 0 Å². The lowest BCUT2D eigenvalue weighted by Gasteiger charge is -2.21. The summed E-state index contributed by atoms with van der Waals surface area (Å²) in [6.07, 6.45) is 0. The first-order valence-corrected chi connectivity index (χ1v) is 16.6. The Morgan fingerprint density at radius 2 is 0.958 bits per heavy atom. The van der Waals surface area contributed by atoms with Crippen LogP contribution in [0.5, 0.6) is 0 Å². The normalized spacial score (nSPS) is 13.8. The topological polar surface area (TPSA) is 31.2 Å². The van der Waals surface area contributed by atoms with E-state index in [4.69, 9.17) is 8.83 Å². The molecule has 0 aliphatic heterocycles. The van der Waals surface area contributed by atoms with Gasteiger partial charge < -0.3 is 13.4 Å². The van der Waals surface area contributed by atoms with E-state index in [9.17, 15) is 0 Å². The smallest absolute Gasteiger partial charge is 0.135 e. The number of aromatic nitrogens is 1. The predicted molar refractivity (Wildman–Crippen MR) is 198 cm³/mol. The van der Waals surface area contributed by atoms with Gasteiger partial charge >= 0.3 is 0 Å². The molecule has 0 atom stereocenters. The molecule has 0 radical (unpaired) electrons. The van der Waals surface area contributed by atoms with E-state index in [2.05, 4.69) is 140 Å². The monoisotopic (exact) mass is 615 g/mol. The highest BCUT2D eigenvalue weighted by Gasteiger charge is 2.37. The van der Waals surface area contributed by atoms with E-state index < -0.39 is 0 Å². The van der Waals surface area contributed by atoms with Crippen molar-refractivity contribution in [2.45, 2.75) is 19.3 Å². The molecule has 3 aromatic heterocycles. The fraction of sp³-hybridized carbons (Fsp3) is 0.0667. The average Bonchev–Trinajstić information content (AvgIpc) is 3.83. The van der Waals surface area contributed by atoms with E-state index in [0.29, 0.717) is 0 Å². The lowest BCUT2D eigenvalue weighted by molar-refractivity contribution is 0.647. The molecule has 3 nitrogen and oxygen atoms in total. The Hall–Kier alpha value is -6.06. The lowest BCUT2D eigenvalue weighted by atomic mass is 9.82. The number of benzene rings is 7. The third-order valence-corrected chi connectivity index (χ3v) is 10.8. The number of furan rings is 2. The van der Waals surface area contributed by atoms with Gasteiger partial charge in [0.1, 0.15) is 22.3 Å². The van der Waals surface area contributed by atoms with Crippen LogP contribution in [0.25, 0.3) is 93.6 Å². The van der Waals surface area contributed by atoms with Crippen LogP contribution in [0.4, 0.5) is 0 Å². The third-order valence-electron chi connectivity index (χ3n) is 10.8. The molecule has 11 rings (SSSR count). The maximum Gasteiger partial charge on any atom is 0.135 e. The third kappa shape index (κ3) is 3.38. The van der Waals surface area contributed by atoms with E-state index in [-0.39, 0.29) is 5.41 Å². The average molecular weight is 616 g/mol. The van der Waals surface area contributed by atoms with E-state index in [1.54, 1.807) is 0 Å². The van der Waals surface area contributed by atoms with Crippen molar-refractivity contribution in [3.8, 4) is 27.9 Å². The Labute approximate surface area is 276 Å². The Bertz CT molecular complexity index is 2970. The van der Waals surface area contributed by atoms with Crippen LogP contribution in [-0.2, 0) is 5.41 Å². The van der Waals surface area contributed by atoms with Gasteiger partial charge in [0.2, 0.25) is 0 Å². The van der Waals surface area contributed by atoms with Crippen molar-refractivity contribution >= 4 is 65.7 Å². The Morgan fingerprint density at radius 1 is 0.417 bits per heavy atom. The molecule has 0 unspecified atom stereocenters. The molecule has 0 spiro atoms. The van der Waals surface area contributed by atoms with Gasteiger partial charge in [-0.25, -0.2) is 0 Å². The fourth-order valence-electron chi connectivity index (χ4n) is 8.40. The summed E-state index contributed by atoms with van der Waals surface area (Å²) in [7, 11) is 0. The van der Waals surface area contributed by atoms with Crippen LogP contribution in [0.2, 0.25) is 0 Å². The summed E-state index contributed by atoms with van der Waals surface area (Å²) >= 11 is 0. The van der Waals surface area contributed by atoms with Gasteiger partial charge in [0, 0.05) is 43.4 Å². The van der Waals surface area contributed by atoms with E-state index >= 15 is 0 Å². The van der Waals surface area contributed by atoms with Crippen LogP contribution in [0.15, 0.2) is 148 Å². The number of rotatable bonds is 2. The second-order valence-electron chi connectivity index (χ2n) is 13.7. The van der Waals surface area contributed by atoms with Gasteiger partial charge in [-0.1, -0.05) is 80.6 Å². The Morgan fingerprint density at radius 3 is 1.71 bits per heavy atom. The van der Waals surface area contributed by atoms with Crippen LogP contribution < -0.4 is 0 Å². The highest BCUT2D eigenvalue weighted by molar-refractivity contribution is 6.14. The molecule has 0 bridgehead atoms. The predicted octanol–water partition coefficient (Wildman–Crippen LogP) is 12.6. The molecule has 1 aliphatic rings. The van der Waals surface area contributed by atoms with E-state index in [1.807, 2.05) is 18.2 Å². The molecule has 3 heterocycles. The summed E-state index contributed by atoms with van der Waals surface area (Å²) in [6.45, 7) is 4.70. The second-order valence-corrected chi connectivity index (χ2v) is 13.7. The number of fused-ring (bicyclic) bond motifs is 12. The number of hydrogen-bond donors (Lipinski definition) is 0. The maximum atomic E-state index is 6.36. The summed E-state index contributed by atoms with van der Waals surface area (Å²) in [4.78, 5) is 0. The van der Waals surface area contributed by atoms with E-state index in [1.165, 1.54) is 60.6 Å². The maximum absolute atomic E-state index is 6.36. The molecule has 1 aliphatic carbocycles. The quantitative estimate of drug-likeness (QED) is 0.194. The summed E-state index contributed by atoms with van der Waals surface area (Å²) in [5, 5.41) is 7.12. The molecular formula is C45H29NO2. The number of para-hydroxylation sites is 3. The highest BCUT2D eigenvalue weighted by Crippen LogP contribution is 2.53. The molecular weight excluding hydrogens is 587 g/mol. The molecule has 0 saturated heterocycles. The molecule has 226 valence electrons. The van der Waals surface area contributed by atoms with Gasteiger partial charge in [0.15, 0.2) is 0 Å². The number of nitrogens with zero attached hydrogens (tertiary/aromatic N) is 1. The summed E-state index contributed by atoms with van der Waals surface area (Å²) in [6, 6.07) is 50.4. The zero-order valence-corrected chi connectivity index (χ0v) is 26.5. The SMILES string of the molecule is CC1(C)c2cc3oc4ccccc4c3cc2-c2cc3c4cc(-c5ccc6oc7ccccc7c6c5)ccc4n(-c4ccccc4)c3cc21. The molecule has 3 heteroatoms. The standard InChI is InChI=1S/C45H29NO2/c1-45(2)37-24-40-34(22-31(37)32-23-36-30-13-7-9-15-42(30)48-44(36)25-38(32)45)33-20-26(16-18-39(33)46(40)28-10-4-3-5-11-28)27-17-19-43-35(21-27)29-12-6-8-14-41(29)47-43/h3-25H,1-2H3. The fourth-order valence-corrected chi connectivity index (χ4v) is 8.40. The summed E-state index contributed by atoms with van der Waals surface area (Å²) in [5.41, 5.74) is 14.8.